The molecule has 0 aliphatic heterocycles. The van der Waals surface area contributed by atoms with Gasteiger partial charge in [0.2, 0.25) is 0 Å². The molecule has 0 aromatic carbocycles. The van der Waals surface area contributed by atoms with Crippen LogP contribution in [0.25, 0.3) is 0 Å². The fraction of sp³-hybridized carbons (Fsp3) is 0.562. The van der Waals surface area contributed by atoms with Gasteiger partial charge in [0.05, 0.1) is 5.92 Å². The van der Waals surface area contributed by atoms with Crippen LogP contribution >= 0.6 is 23.2 Å². The van der Waals surface area contributed by atoms with E-state index < -0.39 is 6.10 Å². The number of halogens is 2. The topological polar surface area (TPSA) is 46.5 Å². The second kappa shape index (κ2) is 7.35. The van der Waals surface area contributed by atoms with Crippen molar-refractivity contribution in [3.8, 4) is 12.3 Å². The molecule has 0 aromatic rings. The van der Waals surface area contributed by atoms with Crippen molar-refractivity contribution in [1.29, 1.82) is 0 Å². The van der Waals surface area contributed by atoms with E-state index in [4.69, 9.17) is 39.5 Å². The van der Waals surface area contributed by atoms with Crippen molar-refractivity contribution in [2.45, 2.75) is 33.3 Å². The highest BCUT2D eigenvalue weighted by Crippen LogP contribution is 2.60. The molecule has 1 aliphatic rings. The summed E-state index contributed by atoms with van der Waals surface area (Å²) in [5.74, 6) is 1.75. The van der Waals surface area contributed by atoms with E-state index in [1.807, 2.05) is 13.8 Å². The van der Waals surface area contributed by atoms with Crippen LogP contribution in [0.3, 0.4) is 0 Å². The predicted octanol–water partition coefficient (Wildman–Crippen LogP) is 3.45. The lowest BCUT2D eigenvalue weighted by molar-refractivity contribution is -0.147. The monoisotopic (exact) mass is 330 g/mol. The molecule has 5 heteroatoms. The van der Waals surface area contributed by atoms with Gasteiger partial charge in [-0.3, -0.25) is 4.79 Å². The Bertz CT molecular complexity index is 496. The normalized spacial score (nSPS) is 24.7. The lowest BCUT2D eigenvalue weighted by Gasteiger charge is -2.13. The van der Waals surface area contributed by atoms with Crippen LogP contribution in [-0.2, 0) is 9.53 Å². The molecule has 3 atom stereocenters. The van der Waals surface area contributed by atoms with Gasteiger partial charge in [-0.25, -0.2) is 0 Å². The highest BCUT2D eigenvalue weighted by Gasteiger charge is 2.61. The molecule has 0 bridgehead atoms. The molecule has 3 nitrogen and oxygen atoms in total. The van der Waals surface area contributed by atoms with E-state index in [-0.39, 0.29) is 34.3 Å². The van der Waals surface area contributed by atoms with E-state index >= 15 is 0 Å². The number of esters is 1. The van der Waals surface area contributed by atoms with Crippen LogP contribution in [0.15, 0.2) is 22.2 Å². The minimum Gasteiger partial charge on any atom is -0.444 e. The maximum absolute atomic E-state index is 12.3. The molecule has 0 spiro atoms. The van der Waals surface area contributed by atoms with Crippen LogP contribution < -0.4 is 0 Å². The van der Waals surface area contributed by atoms with E-state index in [0.717, 1.165) is 5.57 Å². The highest BCUT2D eigenvalue weighted by atomic mass is 35.5. The second-order valence-electron chi connectivity index (χ2n) is 5.73. The Morgan fingerprint density at radius 1 is 1.52 bits per heavy atom. The Morgan fingerprint density at radius 3 is 2.62 bits per heavy atom. The molecule has 3 unspecified atom stereocenters. The van der Waals surface area contributed by atoms with Gasteiger partial charge in [0.15, 0.2) is 6.10 Å². The minimum absolute atomic E-state index is 0.0271. The van der Waals surface area contributed by atoms with Crippen molar-refractivity contribution in [3.05, 3.63) is 22.2 Å². The summed E-state index contributed by atoms with van der Waals surface area (Å²) >= 11 is 11.3. The maximum Gasteiger partial charge on any atom is 0.311 e. The first kappa shape index (κ1) is 18.1. The van der Waals surface area contributed by atoms with Gasteiger partial charge in [-0.2, -0.15) is 0 Å². The van der Waals surface area contributed by atoms with Gasteiger partial charge in [0.25, 0.3) is 0 Å². The molecule has 1 N–H and O–H groups in total. The number of aliphatic hydroxyl groups excluding tert-OH is 1. The maximum atomic E-state index is 12.3. The number of aliphatic hydroxyl groups is 1. The van der Waals surface area contributed by atoms with E-state index in [0.29, 0.717) is 6.42 Å². The van der Waals surface area contributed by atoms with Crippen molar-refractivity contribution in [1.82, 2.24) is 0 Å². The summed E-state index contributed by atoms with van der Waals surface area (Å²) in [6.07, 6.45) is 8.60. The lowest BCUT2D eigenvalue weighted by atomic mass is 10.1. The van der Waals surface area contributed by atoms with E-state index in [1.165, 1.54) is 0 Å². The molecule has 0 saturated heterocycles. The van der Waals surface area contributed by atoms with Gasteiger partial charge in [-0.15, -0.1) is 6.42 Å². The summed E-state index contributed by atoms with van der Waals surface area (Å²) in [4.78, 5) is 12.3. The lowest BCUT2D eigenvalue weighted by Crippen LogP contribution is -2.20. The molecule has 1 rings (SSSR count). The first-order chi connectivity index (χ1) is 9.75. The Kier molecular flexibility index (Phi) is 6.34. The average molecular weight is 331 g/mol. The molecule has 1 saturated carbocycles. The molecule has 0 amide bonds. The number of hydrogen-bond acceptors (Lipinski definition) is 3. The number of ether oxygens (including phenoxy) is 1. The van der Waals surface area contributed by atoms with Gasteiger partial charge < -0.3 is 9.84 Å². The predicted molar refractivity (Wildman–Crippen MR) is 84.7 cm³/mol. The molecule has 1 aliphatic carbocycles. The Hall–Kier alpha value is -0.950. The molecule has 0 heterocycles. The SMILES string of the molecule is C#CC(OC(=O)C1C(C=C(Cl)Cl)C1(C)C)C(C)=CCCO. The highest BCUT2D eigenvalue weighted by molar-refractivity contribution is 6.55. The Morgan fingerprint density at radius 2 is 2.14 bits per heavy atom. The van der Waals surface area contributed by atoms with Crippen molar-refractivity contribution >= 4 is 29.2 Å². The molecule has 0 aromatic heterocycles. The quantitative estimate of drug-likeness (QED) is 0.461. The third kappa shape index (κ3) is 4.51. The number of carbonyl (C=O) groups is 1. The summed E-state index contributed by atoms with van der Waals surface area (Å²) in [5.41, 5.74) is 0.495. The fourth-order valence-corrected chi connectivity index (χ4v) is 2.69. The van der Waals surface area contributed by atoms with E-state index in [2.05, 4.69) is 5.92 Å². The molecule has 1 fully saturated rings. The second-order valence-corrected chi connectivity index (χ2v) is 6.73. The van der Waals surface area contributed by atoms with Crippen LogP contribution in [0.5, 0.6) is 0 Å². The van der Waals surface area contributed by atoms with E-state index in [1.54, 1.807) is 19.1 Å². The minimum atomic E-state index is -0.712. The van der Waals surface area contributed by atoms with Gasteiger partial charge >= 0.3 is 5.97 Å². The van der Waals surface area contributed by atoms with Crippen LogP contribution in [0.4, 0.5) is 0 Å². The average Bonchev–Trinajstić information content (AvgIpc) is 2.93. The molecule has 116 valence electrons. The first-order valence-electron chi connectivity index (χ1n) is 6.72. The molecule has 0 radical (unpaired) electrons. The zero-order valence-corrected chi connectivity index (χ0v) is 13.9. The zero-order valence-electron chi connectivity index (χ0n) is 12.4. The standard InChI is InChI=1S/C16H20Cl2O3/c1-5-12(10(2)7-6-8-19)21-15(20)14-11(9-13(17)18)16(14,3)4/h1,7,9,11-12,14,19H,6,8H2,2-4H3. The van der Waals surface area contributed by atoms with Crippen molar-refractivity contribution in [2.24, 2.45) is 17.3 Å². The summed E-state index contributed by atoms with van der Waals surface area (Å²) in [7, 11) is 0. The largest absolute Gasteiger partial charge is 0.444 e. The van der Waals surface area contributed by atoms with Gasteiger partial charge in [-0.05, 0) is 36.3 Å². The third-order valence-corrected chi connectivity index (χ3v) is 4.12. The van der Waals surface area contributed by atoms with Gasteiger partial charge in [0, 0.05) is 6.61 Å². The Labute approximate surface area is 136 Å². The van der Waals surface area contributed by atoms with Crippen LogP contribution in [0, 0.1) is 29.6 Å². The smallest absolute Gasteiger partial charge is 0.311 e. The number of rotatable bonds is 6. The zero-order chi connectivity index (χ0) is 16.2. The van der Waals surface area contributed by atoms with Gasteiger partial charge in [0.1, 0.15) is 4.49 Å². The van der Waals surface area contributed by atoms with Crippen LogP contribution in [0.2, 0.25) is 0 Å². The van der Waals surface area contributed by atoms with Crippen molar-refractivity contribution in [3.63, 3.8) is 0 Å². The summed E-state index contributed by atoms with van der Waals surface area (Å²) in [6, 6.07) is 0. The molecule has 21 heavy (non-hydrogen) atoms. The number of allylic oxidation sites excluding steroid dienone is 1. The van der Waals surface area contributed by atoms with Crippen LogP contribution in [0.1, 0.15) is 27.2 Å². The first-order valence-corrected chi connectivity index (χ1v) is 7.48. The number of terminal acetylenes is 1. The summed E-state index contributed by atoms with van der Waals surface area (Å²) in [5, 5.41) is 8.80. The van der Waals surface area contributed by atoms with Crippen molar-refractivity contribution < 1.29 is 14.6 Å². The molecular formula is C16H20Cl2O3. The van der Waals surface area contributed by atoms with Crippen LogP contribution in [-0.4, -0.2) is 23.8 Å². The Balaban J connectivity index is 2.73. The van der Waals surface area contributed by atoms with Gasteiger partial charge in [-0.1, -0.05) is 49.0 Å². The number of carbonyl (C=O) groups excluding carboxylic acids is 1. The molecular weight excluding hydrogens is 311 g/mol. The summed E-state index contributed by atoms with van der Waals surface area (Å²) in [6.45, 7) is 5.71. The van der Waals surface area contributed by atoms with Crippen molar-refractivity contribution in [2.75, 3.05) is 6.61 Å². The van der Waals surface area contributed by atoms with E-state index in [9.17, 15) is 4.79 Å². The third-order valence-electron chi connectivity index (χ3n) is 3.86. The fourth-order valence-electron chi connectivity index (χ4n) is 2.42. The number of hydrogen-bond donors (Lipinski definition) is 1. The summed E-state index contributed by atoms with van der Waals surface area (Å²) < 4.78 is 5.54.